The van der Waals surface area contributed by atoms with Crippen LogP contribution >= 0.6 is 11.6 Å². The lowest BCUT2D eigenvalue weighted by Gasteiger charge is -2.10. The molecule has 0 aliphatic carbocycles. The molecule has 0 unspecified atom stereocenters. The Hall–Kier alpha value is -3.44. The number of rotatable bonds is 5. The molecule has 0 radical (unpaired) electrons. The van der Waals surface area contributed by atoms with Gasteiger partial charge in [0, 0.05) is 10.6 Å². The molecule has 138 valence electrons. The summed E-state index contributed by atoms with van der Waals surface area (Å²) in [6.45, 7) is 0.101. The lowest BCUT2D eigenvalue weighted by molar-refractivity contribution is 0.289. The minimum Gasteiger partial charge on any atom is -0.486 e. The van der Waals surface area contributed by atoms with E-state index in [1.807, 2.05) is 54.6 Å². The number of nitrogens with zero attached hydrogens (tertiary/aromatic N) is 3. The summed E-state index contributed by atoms with van der Waals surface area (Å²) in [4.78, 5) is 17.6. The molecule has 0 aliphatic heterocycles. The quantitative estimate of drug-likeness (QED) is 0.472. The molecule has 28 heavy (non-hydrogen) atoms. The zero-order chi connectivity index (χ0) is 19.3. The van der Waals surface area contributed by atoms with Gasteiger partial charge in [-0.3, -0.25) is 4.79 Å². The number of hydrogen-bond donors (Lipinski definition) is 0. The van der Waals surface area contributed by atoms with E-state index in [2.05, 4.69) is 10.1 Å². The zero-order valence-electron chi connectivity index (χ0n) is 14.8. The van der Waals surface area contributed by atoms with E-state index in [0.717, 1.165) is 0 Å². The van der Waals surface area contributed by atoms with Crippen molar-refractivity contribution in [2.45, 2.75) is 6.61 Å². The van der Waals surface area contributed by atoms with Crippen LogP contribution in [0.25, 0.3) is 10.9 Å². The number of fused-ring (bicyclic) bond motifs is 1. The van der Waals surface area contributed by atoms with Crippen LogP contribution in [0.2, 0.25) is 5.02 Å². The Labute approximate surface area is 166 Å². The molecule has 0 bridgehead atoms. The van der Waals surface area contributed by atoms with Crippen LogP contribution in [-0.4, -0.2) is 15.9 Å². The Morgan fingerprint density at radius 2 is 1.68 bits per heavy atom. The normalized spacial score (nSPS) is 11.2. The molecule has 3 aromatic carbocycles. The van der Waals surface area contributed by atoms with Crippen molar-refractivity contribution in [3.8, 4) is 5.75 Å². The molecule has 6 heteroatoms. The van der Waals surface area contributed by atoms with Crippen molar-refractivity contribution in [2.75, 3.05) is 0 Å². The summed E-state index contributed by atoms with van der Waals surface area (Å²) < 4.78 is 7.05. The minimum absolute atomic E-state index is 0.101. The molecule has 0 atom stereocenters. The fourth-order valence-electron chi connectivity index (χ4n) is 2.75. The van der Waals surface area contributed by atoms with Crippen molar-refractivity contribution >= 4 is 28.7 Å². The van der Waals surface area contributed by atoms with E-state index in [0.29, 0.717) is 33.1 Å². The van der Waals surface area contributed by atoms with E-state index in [4.69, 9.17) is 16.3 Å². The summed E-state index contributed by atoms with van der Waals surface area (Å²) in [5, 5.41) is 5.39. The van der Waals surface area contributed by atoms with Crippen LogP contribution in [0.1, 0.15) is 11.4 Å². The first-order valence-corrected chi connectivity index (χ1v) is 9.07. The van der Waals surface area contributed by atoms with Crippen molar-refractivity contribution in [1.82, 2.24) is 9.66 Å². The van der Waals surface area contributed by atoms with Gasteiger partial charge < -0.3 is 4.74 Å². The fourth-order valence-corrected chi connectivity index (χ4v) is 2.93. The highest BCUT2D eigenvalue weighted by atomic mass is 35.5. The third-order valence-corrected chi connectivity index (χ3v) is 4.49. The van der Waals surface area contributed by atoms with Crippen molar-refractivity contribution in [3.63, 3.8) is 0 Å². The van der Waals surface area contributed by atoms with Crippen LogP contribution in [0.15, 0.2) is 88.8 Å². The smallest absolute Gasteiger partial charge is 0.282 e. The van der Waals surface area contributed by atoms with Gasteiger partial charge in [0.1, 0.15) is 12.4 Å². The van der Waals surface area contributed by atoms with E-state index in [9.17, 15) is 4.79 Å². The maximum absolute atomic E-state index is 13.0. The summed E-state index contributed by atoms with van der Waals surface area (Å²) in [5.74, 6) is 1.09. The molecule has 1 heterocycles. The summed E-state index contributed by atoms with van der Waals surface area (Å²) >= 11 is 6.19. The molecular formula is C22H16ClN3O2. The summed E-state index contributed by atoms with van der Waals surface area (Å²) in [7, 11) is 0. The number of halogens is 1. The van der Waals surface area contributed by atoms with Crippen molar-refractivity contribution in [1.29, 1.82) is 0 Å². The monoisotopic (exact) mass is 389 g/mol. The van der Waals surface area contributed by atoms with Gasteiger partial charge in [0.25, 0.3) is 5.56 Å². The van der Waals surface area contributed by atoms with Crippen molar-refractivity contribution in [2.24, 2.45) is 5.10 Å². The number of para-hydroxylation sites is 2. The molecule has 0 saturated heterocycles. The third kappa shape index (κ3) is 3.80. The van der Waals surface area contributed by atoms with Crippen molar-refractivity contribution in [3.05, 3.63) is 106 Å². The molecule has 0 N–H and O–H groups in total. The second kappa shape index (κ2) is 8.06. The number of hydrogen-bond acceptors (Lipinski definition) is 4. The van der Waals surface area contributed by atoms with Gasteiger partial charge in [-0.1, -0.05) is 60.1 Å². The first-order valence-electron chi connectivity index (χ1n) is 8.70. The summed E-state index contributed by atoms with van der Waals surface area (Å²) in [6, 6.07) is 23.8. The van der Waals surface area contributed by atoms with E-state index >= 15 is 0 Å². The van der Waals surface area contributed by atoms with E-state index < -0.39 is 0 Å². The predicted molar refractivity (Wildman–Crippen MR) is 111 cm³/mol. The molecule has 0 aliphatic rings. The van der Waals surface area contributed by atoms with E-state index in [1.165, 1.54) is 4.68 Å². The highest BCUT2D eigenvalue weighted by molar-refractivity contribution is 6.33. The van der Waals surface area contributed by atoms with Crippen LogP contribution < -0.4 is 10.3 Å². The largest absolute Gasteiger partial charge is 0.486 e. The number of aromatic nitrogens is 2. The Morgan fingerprint density at radius 3 is 2.50 bits per heavy atom. The highest BCUT2D eigenvalue weighted by Crippen LogP contribution is 2.14. The van der Waals surface area contributed by atoms with Crippen molar-refractivity contribution < 1.29 is 4.74 Å². The van der Waals surface area contributed by atoms with E-state index in [-0.39, 0.29) is 12.2 Å². The highest BCUT2D eigenvalue weighted by Gasteiger charge is 2.11. The molecule has 1 aromatic heterocycles. The Bertz CT molecular complexity index is 1200. The molecule has 5 nitrogen and oxygen atoms in total. The zero-order valence-corrected chi connectivity index (χ0v) is 15.6. The lowest BCUT2D eigenvalue weighted by atomic mass is 10.2. The Balaban J connectivity index is 1.77. The van der Waals surface area contributed by atoms with Crippen LogP contribution in [0, 0.1) is 0 Å². The Kier molecular flexibility index (Phi) is 5.17. The number of ether oxygens (including phenoxy) is 1. The van der Waals surface area contributed by atoms with Crippen LogP contribution in [0.5, 0.6) is 5.75 Å². The molecule has 0 saturated carbocycles. The third-order valence-electron chi connectivity index (χ3n) is 4.15. The number of benzene rings is 3. The van der Waals surface area contributed by atoms with Gasteiger partial charge in [-0.05, 0) is 30.3 Å². The van der Waals surface area contributed by atoms with Gasteiger partial charge in [-0.2, -0.15) is 9.78 Å². The molecule has 0 spiro atoms. The molecule has 4 rings (SSSR count). The second-order valence-electron chi connectivity index (χ2n) is 6.03. The van der Waals surface area contributed by atoms with Gasteiger partial charge in [-0.15, -0.1) is 0 Å². The fraction of sp³-hybridized carbons (Fsp3) is 0.0455. The van der Waals surface area contributed by atoms with Gasteiger partial charge in [0.2, 0.25) is 0 Å². The van der Waals surface area contributed by atoms with E-state index in [1.54, 1.807) is 30.5 Å². The maximum atomic E-state index is 13.0. The van der Waals surface area contributed by atoms with Crippen LogP contribution in [-0.2, 0) is 6.61 Å². The second-order valence-corrected chi connectivity index (χ2v) is 6.44. The molecule has 0 amide bonds. The van der Waals surface area contributed by atoms with Gasteiger partial charge in [0.05, 0.1) is 17.1 Å². The minimum atomic E-state index is -0.263. The SMILES string of the molecule is O=c1c2ccccc2nc(COc2ccccc2)n1/N=C/c1ccccc1Cl. The average molecular weight is 390 g/mol. The lowest BCUT2D eigenvalue weighted by Crippen LogP contribution is -2.23. The molecular weight excluding hydrogens is 374 g/mol. The first-order chi connectivity index (χ1) is 13.7. The average Bonchev–Trinajstić information content (AvgIpc) is 2.73. The van der Waals surface area contributed by atoms with Crippen LogP contribution in [0.3, 0.4) is 0 Å². The molecule has 4 aromatic rings. The topological polar surface area (TPSA) is 56.5 Å². The van der Waals surface area contributed by atoms with Gasteiger partial charge >= 0.3 is 0 Å². The molecule has 0 fully saturated rings. The van der Waals surface area contributed by atoms with Gasteiger partial charge in [-0.25, -0.2) is 4.98 Å². The van der Waals surface area contributed by atoms with Crippen LogP contribution in [0.4, 0.5) is 0 Å². The summed E-state index contributed by atoms with van der Waals surface area (Å²) in [6.07, 6.45) is 1.55. The van der Waals surface area contributed by atoms with Gasteiger partial charge in [0.15, 0.2) is 5.82 Å². The summed E-state index contributed by atoms with van der Waals surface area (Å²) in [5.41, 5.74) is 1.04. The standard InChI is InChI=1S/C22H16ClN3O2/c23-19-12-6-4-8-16(19)14-24-26-21(15-28-17-9-2-1-3-10-17)25-20-13-7-5-11-18(20)22(26)27/h1-14H,15H2/b24-14+. The first kappa shape index (κ1) is 17.9. The Morgan fingerprint density at radius 1 is 0.964 bits per heavy atom. The predicted octanol–water partition coefficient (Wildman–Crippen LogP) is 4.51. The maximum Gasteiger partial charge on any atom is 0.282 e.